The smallest absolute Gasteiger partial charge is 0.314 e. The van der Waals surface area contributed by atoms with Crippen LogP contribution in [0.2, 0.25) is 0 Å². The van der Waals surface area contributed by atoms with Crippen LogP contribution in [0.5, 0.6) is 0 Å². The van der Waals surface area contributed by atoms with Gasteiger partial charge in [-0.25, -0.2) is 4.41 Å². The van der Waals surface area contributed by atoms with E-state index in [4.69, 9.17) is 10.5 Å². The molecule has 4 atom stereocenters. The van der Waals surface area contributed by atoms with E-state index in [1.54, 1.807) is 28.6 Å². The zero-order valence-corrected chi connectivity index (χ0v) is 17.5. The fourth-order valence-electron chi connectivity index (χ4n) is 2.64. The second-order valence-corrected chi connectivity index (χ2v) is 11.4. The van der Waals surface area contributed by atoms with Crippen LogP contribution in [0, 0.1) is 5.41 Å². The SMILES string of the molecule is CC(C)(C)OC(=O)C1(C)CS[C@@H]2C(N)C(=O)N2C1.CC1=NN2SC2S1. The summed E-state index contributed by atoms with van der Waals surface area (Å²) in [6, 6.07) is -0.404. The van der Waals surface area contributed by atoms with Crippen LogP contribution in [0.4, 0.5) is 0 Å². The molecule has 4 heterocycles. The van der Waals surface area contributed by atoms with Crippen LogP contribution < -0.4 is 5.73 Å². The van der Waals surface area contributed by atoms with E-state index in [1.165, 1.54) is 5.04 Å². The highest BCUT2D eigenvalue weighted by Crippen LogP contribution is 2.52. The molecule has 0 spiro atoms. The highest BCUT2D eigenvalue weighted by molar-refractivity contribution is 8.29. The number of esters is 1. The molecular weight excluding hydrogens is 380 g/mol. The molecule has 3 saturated heterocycles. The number of carbonyl (C=O) groups excluding carboxylic acids is 2. The lowest BCUT2D eigenvalue weighted by atomic mass is 9.89. The molecule has 0 aromatic rings. The zero-order valence-electron chi connectivity index (χ0n) is 15.0. The van der Waals surface area contributed by atoms with Gasteiger partial charge in [0.1, 0.15) is 17.0 Å². The predicted octanol–water partition coefficient (Wildman–Crippen LogP) is 1.89. The van der Waals surface area contributed by atoms with E-state index in [1.807, 2.05) is 50.8 Å². The average Bonchev–Trinajstić information content (AvgIpc) is 3.12. The van der Waals surface area contributed by atoms with Crippen molar-refractivity contribution >= 4 is 52.4 Å². The summed E-state index contributed by atoms with van der Waals surface area (Å²) in [7, 11) is 0. The minimum atomic E-state index is -0.635. The minimum Gasteiger partial charge on any atom is -0.459 e. The first-order valence-electron chi connectivity index (χ1n) is 8.09. The Morgan fingerprint density at radius 2 is 2.12 bits per heavy atom. The number of amides is 1. The minimum absolute atomic E-state index is 0.0352. The number of ether oxygens (including phenoxy) is 1. The molecule has 3 unspecified atom stereocenters. The molecule has 25 heavy (non-hydrogen) atoms. The summed E-state index contributed by atoms with van der Waals surface area (Å²) in [5.41, 5.74) is 4.58. The summed E-state index contributed by atoms with van der Waals surface area (Å²) in [6.07, 6.45) is 0. The van der Waals surface area contributed by atoms with Gasteiger partial charge in [-0.3, -0.25) is 9.59 Å². The van der Waals surface area contributed by atoms with Crippen molar-refractivity contribution in [3.63, 3.8) is 0 Å². The van der Waals surface area contributed by atoms with Gasteiger partial charge in [0, 0.05) is 24.2 Å². The standard InChI is InChI=1S/C12H20N2O3S.C3H4N2S2/c1-11(2,3)17-10(16)12(4)5-14-8(15)7(13)9(14)18-6-12;1-2-4-5-3(6-2)7-5/h7,9H,5-6,13H2,1-4H3;3H,1H3/t7?,9-,12?;/m1./s1. The first-order valence-corrected chi connectivity index (χ1v) is 10.9. The van der Waals surface area contributed by atoms with Gasteiger partial charge in [-0.05, 0) is 34.6 Å². The Balaban J connectivity index is 0.000000213. The first kappa shape index (κ1) is 19.2. The van der Waals surface area contributed by atoms with Crippen LogP contribution in [0.15, 0.2) is 5.10 Å². The van der Waals surface area contributed by atoms with Crippen LogP contribution in [0.3, 0.4) is 0 Å². The Morgan fingerprint density at radius 1 is 1.44 bits per heavy atom. The van der Waals surface area contributed by atoms with Crippen molar-refractivity contribution in [1.29, 1.82) is 0 Å². The quantitative estimate of drug-likeness (QED) is 0.307. The largest absolute Gasteiger partial charge is 0.459 e. The van der Waals surface area contributed by atoms with Gasteiger partial charge in [0.05, 0.1) is 10.5 Å². The summed E-state index contributed by atoms with van der Waals surface area (Å²) in [5.74, 6) is 0.334. The number of rotatable bonds is 1. The van der Waals surface area contributed by atoms with Crippen LogP contribution in [0.25, 0.3) is 0 Å². The Morgan fingerprint density at radius 3 is 2.60 bits per heavy atom. The summed E-state index contributed by atoms with van der Waals surface area (Å²) in [6.45, 7) is 9.83. The second-order valence-electron chi connectivity index (χ2n) is 7.71. The molecule has 4 rings (SSSR count). The van der Waals surface area contributed by atoms with Gasteiger partial charge in [0.25, 0.3) is 0 Å². The molecule has 4 aliphatic rings. The fourth-order valence-corrected chi connectivity index (χ4v) is 6.01. The van der Waals surface area contributed by atoms with Crippen molar-refractivity contribution in [2.24, 2.45) is 16.3 Å². The Hall–Kier alpha value is -0.580. The van der Waals surface area contributed by atoms with Gasteiger partial charge < -0.3 is 15.4 Å². The number of carbonyl (C=O) groups is 2. The number of nitrogens with two attached hydrogens (primary N) is 1. The third-order valence-corrected chi connectivity index (χ3v) is 7.88. The lowest BCUT2D eigenvalue weighted by Gasteiger charge is -2.52. The molecular formula is C15H24N4O3S3. The topological polar surface area (TPSA) is 88.0 Å². The summed E-state index contributed by atoms with van der Waals surface area (Å²) in [4.78, 5) is 25.5. The average molecular weight is 405 g/mol. The van der Waals surface area contributed by atoms with Crippen molar-refractivity contribution in [3.05, 3.63) is 0 Å². The van der Waals surface area contributed by atoms with Crippen molar-refractivity contribution in [3.8, 4) is 0 Å². The molecule has 0 aliphatic carbocycles. The van der Waals surface area contributed by atoms with Gasteiger partial charge >= 0.3 is 5.97 Å². The van der Waals surface area contributed by atoms with E-state index in [-0.39, 0.29) is 17.3 Å². The van der Waals surface area contributed by atoms with Crippen molar-refractivity contribution in [1.82, 2.24) is 9.31 Å². The third kappa shape index (κ3) is 4.06. The molecule has 1 amide bonds. The van der Waals surface area contributed by atoms with Crippen LogP contribution in [0.1, 0.15) is 34.6 Å². The predicted molar refractivity (Wildman–Crippen MR) is 104 cm³/mol. The molecule has 0 aromatic heterocycles. The molecule has 0 aromatic carbocycles. The maximum atomic E-state index is 12.2. The van der Waals surface area contributed by atoms with Gasteiger partial charge in [0.2, 0.25) is 5.91 Å². The van der Waals surface area contributed by atoms with Crippen LogP contribution in [-0.2, 0) is 14.3 Å². The molecule has 0 saturated carbocycles. The second kappa shape index (κ2) is 6.54. The number of hydrazone groups is 1. The van der Waals surface area contributed by atoms with Crippen LogP contribution in [-0.4, -0.2) is 60.3 Å². The number of hydrogen-bond donors (Lipinski definition) is 1. The van der Waals surface area contributed by atoms with Gasteiger partial charge in [-0.2, -0.15) is 5.10 Å². The van der Waals surface area contributed by atoms with E-state index in [2.05, 4.69) is 5.10 Å². The number of β-lactam (4-membered cyclic amide) rings is 1. The summed E-state index contributed by atoms with van der Waals surface area (Å²) in [5, 5.41) is 5.37. The van der Waals surface area contributed by atoms with Gasteiger partial charge in [-0.1, -0.05) is 11.8 Å². The molecule has 0 bridgehead atoms. The molecule has 2 N–H and O–H groups in total. The van der Waals surface area contributed by atoms with Crippen molar-refractivity contribution in [2.75, 3.05) is 12.3 Å². The van der Waals surface area contributed by atoms with Gasteiger partial charge in [0.15, 0.2) is 4.71 Å². The number of thioether (sulfide) groups is 2. The number of nitrogens with zero attached hydrogens (tertiary/aromatic N) is 3. The fraction of sp³-hybridized carbons (Fsp3) is 0.800. The van der Waals surface area contributed by atoms with E-state index in [0.717, 1.165) is 0 Å². The normalized spacial score (nSPS) is 35.7. The molecule has 0 radical (unpaired) electrons. The molecule has 4 aliphatic heterocycles. The summed E-state index contributed by atoms with van der Waals surface area (Å²) >= 11 is 5.19. The first-order chi connectivity index (χ1) is 11.5. The highest BCUT2D eigenvalue weighted by Gasteiger charge is 2.54. The molecule has 3 fully saturated rings. The van der Waals surface area contributed by atoms with Crippen LogP contribution >= 0.6 is 35.5 Å². The number of hydrogen-bond acceptors (Lipinski definition) is 9. The maximum Gasteiger partial charge on any atom is 0.314 e. The summed E-state index contributed by atoms with van der Waals surface area (Å²) < 4.78 is 8.10. The van der Waals surface area contributed by atoms with E-state index in [9.17, 15) is 9.59 Å². The van der Waals surface area contributed by atoms with E-state index in [0.29, 0.717) is 17.0 Å². The Bertz CT molecular complexity index is 624. The lowest BCUT2D eigenvalue weighted by molar-refractivity contribution is -0.169. The highest BCUT2D eigenvalue weighted by atomic mass is 32.2. The number of fused-ring (bicyclic) bond motifs is 2. The van der Waals surface area contributed by atoms with E-state index >= 15 is 0 Å². The van der Waals surface area contributed by atoms with E-state index < -0.39 is 17.1 Å². The molecule has 10 heteroatoms. The lowest BCUT2D eigenvalue weighted by Crippen LogP contribution is -2.71. The monoisotopic (exact) mass is 404 g/mol. The molecule has 140 valence electrons. The van der Waals surface area contributed by atoms with Crippen molar-refractivity contribution < 1.29 is 14.3 Å². The zero-order chi connectivity index (χ0) is 18.6. The maximum absolute atomic E-state index is 12.2. The molecule has 7 nitrogen and oxygen atoms in total. The van der Waals surface area contributed by atoms with Crippen molar-refractivity contribution in [2.45, 2.75) is 56.3 Å². The van der Waals surface area contributed by atoms with Gasteiger partial charge in [-0.15, -0.1) is 11.8 Å². The Labute approximate surface area is 160 Å². The third-order valence-electron chi connectivity index (χ3n) is 4.01. The Kier molecular flexibility index (Phi) is 5.02.